The van der Waals surface area contributed by atoms with E-state index in [0.717, 1.165) is 0 Å². The number of rotatable bonds is 6. The van der Waals surface area contributed by atoms with Gasteiger partial charge in [-0.1, -0.05) is 13.8 Å². The van der Waals surface area contributed by atoms with Crippen LogP contribution in [0, 0.1) is 19.8 Å². The average Bonchev–Trinajstić information content (AvgIpc) is 2.60. The first kappa shape index (κ1) is 17.2. The molecule has 6 heteroatoms. The van der Waals surface area contributed by atoms with E-state index in [4.69, 9.17) is 10.2 Å². The van der Waals surface area contributed by atoms with E-state index in [2.05, 4.69) is 0 Å². The van der Waals surface area contributed by atoms with E-state index in [1.807, 2.05) is 27.7 Å². The molecule has 0 bridgehead atoms. The molecule has 5 nitrogen and oxygen atoms in total. The highest BCUT2D eigenvalue weighted by Crippen LogP contribution is 2.30. The number of aryl methyl sites for hydroxylation is 2. The minimum Gasteiger partial charge on any atom is -0.465 e. The molecule has 0 aliphatic rings. The van der Waals surface area contributed by atoms with Crippen LogP contribution in [0.25, 0.3) is 0 Å². The lowest BCUT2D eigenvalue weighted by Crippen LogP contribution is -2.40. The summed E-state index contributed by atoms with van der Waals surface area (Å²) in [5, 5.41) is 0. The molecule has 0 spiro atoms. The second-order valence-corrected chi connectivity index (χ2v) is 7.62. The number of furan rings is 1. The molecule has 116 valence electrons. The van der Waals surface area contributed by atoms with Crippen molar-refractivity contribution in [2.75, 3.05) is 6.54 Å². The smallest absolute Gasteiger partial charge is 0.247 e. The lowest BCUT2D eigenvalue weighted by Gasteiger charge is -2.27. The van der Waals surface area contributed by atoms with Crippen LogP contribution in [0.2, 0.25) is 0 Å². The highest BCUT2D eigenvalue weighted by Gasteiger charge is 2.33. The predicted octanol–water partition coefficient (Wildman–Crippen LogP) is 2.41. The third kappa shape index (κ3) is 3.24. The SMILES string of the molecule is Cc1oc(C)c(S(=O)(=O)N(CC(C)C)C(C)C)c1CN. The van der Waals surface area contributed by atoms with Gasteiger partial charge in [0, 0.05) is 24.7 Å². The van der Waals surface area contributed by atoms with E-state index in [9.17, 15) is 8.42 Å². The summed E-state index contributed by atoms with van der Waals surface area (Å²) in [4.78, 5) is 0.242. The third-order valence-corrected chi connectivity index (χ3v) is 5.45. The third-order valence-electron chi connectivity index (χ3n) is 3.22. The van der Waals surface area contributed by atoms with E-state index in [1.54, 1.807) is 13.8 Å². The Hall–Kier alpha value is -0.850. The van der Waals surface area contributed by atoms with E-state index in [1.165, 1.54) is 4.31 Å². The zero-order valence-electron chi connectivity index (χ0n) is 13.2. The molecule has 1 aromatic heterocycles. The zero-order valence-corrected chi connectivity index (χ0v) is 14.0. The fraction of sp³-hybridized carbons (Fsp3) is 0.714. The summed E-state index contributed by atoms with van der Waals surface area (Å²) in [6, 6.07) is -0.109. The molecule has 0 unspecified atom stereocenters. The largest absolute Gasteiger partial charge is 0.465 e. The van der Waals surface area contributed by atoms with Crippen molar-refractivity contribution in [1.29, 1.82) is 0 Å². The molecule has 1 aromatic rings. The first-order chi connectivity index (χ1) is 9.12. The molecule has 0 atom stereocenters. The molecule has 0 aromatic carbocycles. The quantitative estimate of drug-likeness (QED) is 0.875. The van der Waals surface area contributed by atoms with Crippen molar-refractivity contribution < 1.29 is 12.8 Å². The van der Waals surface area contributed by atoms with Gasteiger partial charge in [0.25, 0.3) is 0 Å². The molecule has 1 rings (SSSR count). The van der Waals surface area contributed by atoms with E-state index < -0.39 is 10.0 Å². The van der Waals surface area contributed by atoms with Gasteiger partial charge >= 0.3 is 0 Å². The van der Waals surface area contributed by atoms with Gasteiger partial charge in [-0.3, -0.25) is 0 Å². The fourth-order valence-electron chi connectivity index (χ4n) is 2.35. The topological polar surface area (TPSA) is 76.5 Å². The second-order valence-electron chi connectivity index (χ2n) is 5.79. The maximum Gasteiger partial charge on any atom is 0.247 e. The van der Waals surface area contributed by atoms with Crippen molar-refractivity contribution in [1.82, 2.24) is 4.31 Å². The van der Waals surface area contributed by atoms with Crippen LogP contribution >= 0.6 is 0 Å². The van der Waals surface area contributed by atoms with Gasteiger partial charge in [0.15, 0.2) is 0 Å². The van der Waals surface area contributed by atoms with E-state index in [0.29, 0.717) is 23.6 Å². The molecule has 0 aliphatic carbocycles. The Bertz CT molecular complexity index is 559. The summed E-state index contributed by atoms with van der Waals surface area (Å²) >= 11 is 0. The summed E-state index contributed by atoms with van der Waals surface area (Å²) in [6.07, 6.45) is 0. The van der Waals surface area contributed by atoms with Crippen molar-refractivity contribution in [3.8, 4) is 0 Å². The fourth-order valence-corrected chi connectivity index (χ4v) is 4.57. The Morgan fingerprint density at radius 1 is 1.15 bits per heavy atom. The van der Waals surface area contributed by atoms with Gasteiger partial charge in [-0.2, -0.15) is 4.31 Å². The summed E-state index contributed by atoms with van der Waals surface area (Å²) < 4.78 is 32.9. The van der Waals surface area contributed by atoms with Gasteiger partial charge in [-0.15, -0.1) is 0 Å². The average molecular weight is 302 g/mol. The lowest BCUT2D eigenvalue weighted by molar-refractivity contribution is 0.318. The van der Waals surface area contributed by atoms with Crippen molar-refractivity contribution in [2.24, 2.45) is 11.7 Å². The molecule has 20 heavy (non-hydrogen) atoms. The highest BCUT2D eigenvalue weighted by molar-refractivity contribution is 7.89. The van der Waals surface area contributed by atoms with Gasteiger partial charge in [-0.25, -0.2) is 8.42 Å². The lowest BCUT2D eigenvalue weighted by atomic mass is 10.2. The van der Waals surface area contributed by atoms with Crippen LogP contribution in [0.5, 0.6) is 0 Å². The molecular formula is C14H26N2O3S. The summed E-state index contributed by atoms with van der Waals surface area (Å²) in [5.74, 6) is 1.25. The standard InChI is InChI=1S/C14H26N2O3S/c1-9(2)8-16(10(3)4)20(17,18)14-12(6)19-11(5)13(14)7-15/h9-10H,7-8,15H2,1-6H3. The minimum atomic E-state index is -3.59. The number of nitrogens with zero attached hydrogens (tertiary/aromatic N) is 1. The van der Waals surface area contributed by atoms with Gasteiger partial charge in [-0.05, 0) is 33.6 Å². The molecule has 0 amide bonds. The van der Waals surface area contributed by atoms with Crippen LogP contribution < -0.4 is 5.73 Å². The first-order valence-corrected chi connectivity index (χ1v) is 8.37. The molecule has 0 fully saturated rings. The molecule has 2 N–H and O–H groups in total. The number of sulfonamides is 1. The maximum atomic E-state index is 12.9. The monoisotopic (exact) mass is 302 g/mol. The maximum absolute atomic E-state index is 12.9. The van der Waals surface area contributed by atoms with Crippen LogP contribution in [0.1, 0.15) is 44.8 Å². The Balaban J connectivity index is 3.41. The number of hydrogen-bond acceptors (Lipinski definition) is 4. The Morgan fingerprint density at radius 2 is 1.70 bits per heavy atom. The molecule has 0 aliphatic heterocycles. The van der Waals surface area contributed by atoms with Crippen LogP contribution in [0.3, 0.4) is 0 Å². The summed E-state index contributed by atoms with van der Waals surface area (Å²) in [5.41, 5.74) is 6.28. The molecule has 1 heterocycles. The number of nitrogens with two attached hydrogens (primary N) is 1. The van der Waals surface area contributed by atoms with Crippen LogP contribution in [0.4, 0.5) is 0 Å². The second kappa shape index (κ2) is 6.28. The summed E-state index contributed by atoms with van der Waals surface area (Å²) in [6.45, 7) is 11.8. The van der Waals surface area contributed by atoms with Gasteiger partial charge < -0.3 is 10.2 Å². The van der Waals surface area contributed by atoms with Crippen LogP contribution in [0.15, 0.2) is 9.31 Å². The van der Waals surface area contributed by atoms with Crippen molar-refractivity contribution in [2.45, 2.75) is 59.0 Å². The Labute approximate surface area is 122 Å². The van der Waals surface area contributed by atoms with Gasteiger partial charge in [0.2, 0.25) is 10.0 Å². The molecule has 0 saturated carbocycles. The molecular weight excluding hydrogens is 276 g/mol. The molecule has 0 radical (unpaired) electrons. The van der Waals surface area contributed by atoms with E-state index in [-0.39, 0.29) is 23.4 Å². The van der Waals surface area contributed by atoms with Gasteiger partial charge in [0.05, 0.1) is 0 Å². The molecule has 0 saturated heterocycles. The van der Waals surface area contributed by atoms with Crippen molar-refractivity contribution in [3.05, 3.63) is 17.1 Å². The number of hydrogen-bond donors (Lipinski definition) is 1. The Morgan fingerprint density at radius 3 is 2.10 bits per heavy atom. The van der Waals surface area contributed by atoms with E-state index >= 15 is 0 Å². The first-order valence-electron chi connectivity index (χ1n) is 6.93. The Kier molecular flexibility index (Phi) is 5.40. The van der Waals surface area contributed by atoms with Crippen LogP contribution in [-0.2, 0) is 16.6 Å². The highest BCUT2D eigenvalue weighted by atomic mass is 32.2. The van der Waals surface area contributed by atoms with Gasteiger partial charge in [0.1, 0.15) is 16.4 Å². The van der Waals surface area contributed by atoms with Crippen molar-refractivity contribution >= 4 is 10.0 Å². The van der Waals surface area contributed by atoms with Crippen molar-refractivity contribution in [3.63, 3.8) is 0 Å². The minimum absolute atomic E-state index is 0.109. The normalized spacial score (nSPS) is 12.9. The predicted molar refractivity (Wildman–Crippen MR) is 79.9 cm³/mol. The van der Waals surface area contributed by atoms with Crippen LogP contribution in [-0.4, -0.2) is 25.3 Å². The summed E-state index contributed by atoms with van der Waals surface area (Å²) in [7, 11) is -3.59. The zero-order chi connectivity index (χ0) is 15.7.